The first-order valence-corrected chi connectivity index (χ1v) is 9.45. The van der Waals surface area contributed by atoms with Crippen LogP contribution in [0.15, 0.2) is 24.4 Å². The Morgan fingerprint density at radius 3 is 2.93 bits per heavy atom. The molecule has 1 fully saturated rings. The van der Waals surface area contributed by atoms with Crippen molar-refractivity contribution in [1.82, 2.24) is 19.7 Å². The van der Waals surface area contributed by atoms with Crippen LogP contribution in [0.4, 0.5) is 10.2 Å². The SMILES string of the molecule is Cc1c(Cl)nc(CO)nc1N1CC[C@H](Oc2ccc3c(cnn3C)c2)[C@H](F)C1. The lowest BCUT2D eigenvalue weighted by Gasteiger charge is -2.36. The first-order chi connectivity index (χ1) is 13.5. The molecule has 0 spiro atoms. The van der Waals surface area contributed by atoms with Crippen LogP contribution in [0.3, 0.4) is 0 Å². The second-order valence-electron chi connectivity index (χ2n) is 6.93. The molecule has 1 N–H and O–H groups in total. The molecule has 0 unspecified atom stereocenters. The van der Waals surface area contributed by atoms with Crippen molar-refractivity contribution in [2.45, 2.75) is 32.2 Å². The van der Waals surface area contributed by atoms with E-state index < -0.39 is 12.3 Å². The molecule has 0 amide bonds. The number of fused-ring (bicyclic) bond motifs is 1. The van der Waals surface area contributed by atoms with Crippen molar-refractivity contribution in [3.63, 3.8) is 0 Å². The van der Waals surface area contributed by atoms with Gasteiger partial charge in [-0.25, -0.2) is 14.4 Å². The zero-order chi connectivity index (χ0) is 19.8. The number of halogens is 2. The minimum atomic E-state index is -1.19. The lowest BCUT2D eigenvalue weighted by Crippen LogP contribution is -2.47. The Hall–Kier alpha value is -2.45. The van der Waals surface area contributed by atoms with Gasteiger partial charge in [0.05, 0.1) is 18.3 Å². The van der Waals surface area contributed by atoms with Crippen LogP contribution in [-0.4, -0.2) is 50.2 Å². The van der Waals surface area contributed by atoms with Gasteiger partial charge in [-0.1, -0.05) is 11.6 Å². The molecule has 148 valence electrons. The first-order valence-electron chi connectivity index (χ1n) is 9.07. The Balaban J connectivity index is 1.48. The number of aliphatic hydroxyl groups is 1. The van der Waals surface area contributed by atoms with E-state index in [9.17, 15) is 9.50 Å². The molecule has 7 nitrogen and oxygen atoms in total. The molecule has 3 heterocycles. The van der Waals surface area contributed by atoms with Gasteiger partial charge in [0.1, 0.15) is 29.4 Å². The van der Waals surface area contributed by atoms with E-state index in [2.05, 4.69) is 15.1 Å². The number of alkyl halides is 1. The molecule has 0 bridgehead atoms. The summed E-state index contributed by atoms with van der Waals surface area (Å²) in [6, 6.07) is 5.64. The van der Waals surface area contributed by atoms with Crippen LogP contribution in [0.1, 0.15) is 17.8 Å². The Morgan fingerprint density at radius 2 is 2.18 bits per heavy atom. The Bertz CT molecular complexity index is 1010. The van der Waals surface area contributed by atoms with E-state index in [1.165, 1.54) is 0 Å². The van der Waals surface area contributed by atoms with E-state index in [4.69, 9.17) is 16.3 Å². The maximum atomic E-state index is 14.9. The molecule has 2 atom stereocenters. The average molecular weight is 406 g/mol. The maximum Gasteiger partial charge on any atom is 0.157 e. The van der Waals surface area contributed by atoms with Crippen molar-refractivity contribution in [1.29, 1.82) is 0 Å². The van der Waals surface area contributed by atoms with E-state index in [1.54, 1.807) is 17.8 Å². The molecule has 9 heteroatoms. The molecule has 28 heavy (non-hydrogen) atoms. The normalized spacial score (nSPS) is 20.0. The smallest absolute Gasteiger partial charge is 0.157 e. The lowest BCUT2D eigenvalue weighted by molar-refractivity contribution is 0.0819. The van der Waals surface area contributed by atoms with Gasteiger partial charge in [0.2, 0.25) is 0 Å². The van der Waals surface area contributed by atoms with E-state index in [1.807, 2.05) is 30.1 Å². The summed E-state index contributed by atoms with van der Waals surface area (Å²) < 4.78 is 22.6. The minimum absolute atomic E-state index is 0.138. The number of hydrogen-bond donors (Lipinski definition) is 1. The molecule has 0 radical (unpaired) electrons. The van der Waals surface area contributed by atoms with Crippen LogP contribution in [-0.2, 0) is 13.7 Å². The molecule has 1 aliphatic heterocycles. The molecular weight excluding hydrogens is 385 g/mol. The monoisotopic (exact) mass is 405 g/mol. The highest BCUT2D eigenvalue weighted by molar-refractivity contribution is 6.30. The minimum Gasteiger partial charge on any atom is -0.487 e. The van der Waals surface area contributed by atoms with Gasteiger partial charge in [0, 0.05) is 31.0 Å². The summed E-state index contributed by atoms with van der Waals surface area (Å²) in [6.07, 6.45) is 0.532. The topological polar surface area (TPSA) is 76.3 Å². The molecule has 1 aromatic carbocycles. The van der Waals surface area contributed by atoms with Gasteiger partial charge in [-0.3, -0.25) is 4.68 Å². The standard InChI is InChI=1S/C19H21ClFN5O2/c1-11-18(20)23-17(10-27)24-19(11)26-6-5-16(14(21)9-26)28-13-3-4-15-12(7-13)8-22-25(15)2/h3-4,7-8,14,16,27H,5-6,9-10H2,1-2H3/t14-,16+/m1/s1. The Kier molecular flexibility index (Phi) is 5.07. The number of piperidine rings is 1. The molecule has 1 saturated heterocycles. The van der Waals surface area contributed by atoms with Crippen LogP contribution >= 0.6 is 11.6 Å². The van der Waals surface area contributed by atoms with Gasteiger partial charge >= 0.3 is 0 Å². The number of nitrogens with zero attached hydrogens (tertiary/aromatic N) is 5. The second kappa shape index (κ2) is 7.52. The van der Waals surface area contributed by atoms with Crippen LogP contribution < -0.4 is 9.64 Å². The van der Waals surface area contributed by atoms with Crippen molar-refractivity contribution in [3.05, 3.63) is 40.9 Å². The summed E-state index contributed by atoms with van der Waals surface area (Å²) in [4.78, 5) is 10.2. The third-order valence-electron chi connectivity index (χ3n) is 5.03. The largest absolute Gasteiger partial charge is 0.487 e. The summed E-state index contributed by atoms with van der Waals surface area (Å²) in [6.45, 7) is 2.18. The fraction of sp³-hybridized carbons (Fsp3) is 0.421. The number of benzene rings is 1. The van der Waals surface area contributed by atoms with Gasteiger partial charge in [0.25, 0.3) is 0 Å². The predicted molar refractivity (Wildman–Crippen MR) is 105 cm³/mol. The van der Waals surface area contributed by atoms with Gasteiger partial charge in [0.15, 0.2) is 12.0 Å². The fourth-order valence-electron chi connectivity index (χ4n) is 3.50. The number of anilines is 1. The number of rotatable bonds is 4. The highest BCUT2D eigenvalue weighted by Gasteiger charge is 2.32. The third-order valence-corrected chi connectivity index (χ3v) is 5.40. The second-order valence-corrected chi connectivity index (χ2v) is 7.29. The number of ether oxygens (including phenoxy) is 1. The zero-order valence-electron chi connectivity index (χ0n) is 15.6. The quantitative estimate of drug-likeness (QED) is 0.673. The molecule has 0 aliphatic carbocycles. The van der Waals surface area contributed by atoms with Crippen LogP contribution in [0.2, 0.25) is 5.15 Å². The van der Waals surface area contributed by atoms with E-state index in [-0.39, 0.29) is 24.1 Å². The van der Waals surface area contributed by atoms with E-state index in [0.717, 1.165) is 10.9 Å². The Labute approximate surface area is 166 Å². The summed E-state index contributed by atoms with van der Waals surface area (Å²) in [5.41, 5.74) is 1.67. The van der Waals surface area contributed by atoms with Crippen LogP contribution in [0.5, 0.6) is 5.75 Å². The van der Waals surface area contributed by atoms with Crippen LogP contribution in [0.25, 0.3) is 10.9 Å². The summed E-state index contributed by atoms with van der Waals surface area (Å²) in [5.74, 6) is 1.41. The highest BCUT2D eigenvalue weighted by atomic mass is 35.5. The summed E-state index contributed by atoms with van der Waals surface area (Å²) >= 11 is 6.12. The fourth-order valence-corrected chi connectivity index (χ4v) is 3.68. The Morgan fingerprint density at radius 1 is 1.36 bits per heavy atom. The van der Waals surface area contributed by atoms with Gasteiger partial charge in [-0.05, 0) is 25.1 Å². The summed E-state index contributed by atoms with van der Waals surface area (Å²) in [5, 5.41) is 14.7. The van der Waals surface area contributed by atoms with E-state index in [0.29, 0.717) is 30.1 Å². The lowest BCUT2D eigenvalue weighted by atomic mass is 10.1. The van der Waals surface area contributed by atoms with Gasteiger partial charge < -0.3 is 14.7 Å². The predicted octanol–water partition coefficient (Wildman–Crippen LogP) is 2.81. The maximum absolute atomic E-state index is 14.9. The van der Waals surface area contributed by atoms with Gasteiger partial charge in [-0.2, -0.15) is 5.10 Å². The number of aliphatic hydroxyl groups excluding tert-OH is 1. The first kappa shape index (κ1) is 18.9. The van der Waals surface area contributed by atoms with Crippen molar-refractivity contribution < 1.29 is 14.2 Å². The van der Waals surface area contributed by atoms with E-state index >= 15 is 0 Å². The highest BCUT2D eigenvalue weighted by Crippen LogP contribution is 2.29. The zero-order valence-corrected chi connectivity index (χ0v) is 16.4. The summed E-state index contributed by atoms with van der Waals surface area (Å²) in [7, 11) is 1.87. The molecule has 2 aromatic heterocycles. The van der Waals surface area contributed by atoms with Crippen molar-refractivity contribution in [3.8, 4) is 5.75 Å². The molecule has 1 aliphatic rings. The van der Waals surface area contributed by atoms with Gasteiger partial charge in [-0.15, -0.1) is 0 Å². The average Bonchev–Trinajstić information content (AvgIpc) is 3.06. The van der Waals surface area contributed by atoms with Crippen LogP contribution in [0, 0.1) is 6.92 Å². The van der Waals surface area contributed by atoms with Crippen molar-refractivity contribution in [2.24, 2.45) is 7.05 Å². The number of aryl methyl sites for hydroxylation is 1. The molecule has 0 saturated carbocycles. The van der Waals surface area contributed by atoms with Crippen molar-refractivity contribution in [2.75, 3.05) is 18.0 Å². The third kappa shape index (κ3) is 3.49. The van der Waals surface area contributed by atoms with Crippen molar-refractivity contribution >= 4 is 28.3 Å². The number of hydrogen-bond acceptors (Lipinski definition) is 6. The molecular formula is C19H21ClFN5O2. The number of aromatic nitrogens is 4. The molecule has 4 rings (SSSR count). The molecule has 3 aromatic rings.